The number of hydrogen-bond acceptors (Lipinski definition) is 2. The van der Waals surface area contributed by atoms with E-state index in [2.05, 4.69) is 24.0 Å². The molecule has 3 heteroatoms. The highest BCUT2D eigenvalue weighted by Crippen LogP contribution is 2.38. The molecule has 0 spiro atoms. The number of halogens is 1. The predicted octanol–water partition coefficient (Wildman–Crippen LogP) is 3.00. The third-order valence-electron chi connectivity index (χ3n) is 4.64. The largest absolute Gasteiger partial charge is 0.326 e. The fourth-order valence-corrected chi connectivity index (χ4v) is 3.55. The summed E-state index contributed by atoms with van der Waals surface area (Å²) < 4.78 is 0. The average Bonchev–Trinajstić information content (AvgIpc) is 2.75. The molecule has 0 bridgehead atoms. The minimum Gasteiger partial charge on any atom is -0.326 e. The Hall–Kier alpha value is -0.570. The van der Waals surface area contributed by atoms with Crippen LogP contribution in [0.5, 0.6) is 0 Å². The SMILES string of the molecule is CC1CCN(C2CCc3cc(Cl)ccc32)CC1N. The summed E-state index contributed by atoms with van der Waals surface area (Å²) in [5.74, 6) is 0.660. The van der Waals surface area contributed by atoms with Crippen LogP contribution in [0.25, 0.3) is 0 Å². The lowest BCUT2D eigenvalue weighted by Crippen LogP contribution is -2.48. The number of hydrogen-bond donors (Lipinski definition) is 1. The van der Waals surface area contributed by atoms with Crippen molar-refractivity contribution in [3.63, 3.8) is 0 Å². The Labute approximate surface area is 114 Å². The quantitative estimate of drug-likeness (QED) is 0.845. The van der Waals surface area contributed by atoms with Gasteiger partial charge in [0.15, 0.2) is 0 Å². The minimum atomic E-state index is 0.329. The number of nitrogens with two attached hydrogens (primary N) is 1. The molecule has 0 saturated carbocycles. The van der Waals surface area contributed by atoms with E-state index >= 15 is 0 Å². The zero-order valence-corrected chi connectivity index (χ0v) is 11.7. The number of benzene rings is 1. The molecular formula is C15H21ClN2. The van der Waals surface area contributed by atoms with Gasteiger partial charge in [-0.3, -0.25) is 4.90 Å². The van der Waals surface area contributed by atoms with Gasteiger partial charge in [-0.1, -0.05) is 24.6 Å². The highest BCUT2D eigenvalue weighted by Gasteiger charge is 2.32. The van der Waals surface area contributed by atoms with Crippen LogP contribution in [0, 0.1) is 5.92 Å². The van der Waals surface area contributed by atoms with E-state index in [1.54, 1.807) is 0 Å². The molecular weight excluding hydrogens is 244 g/mol. The molecule has 1 aromatic carbocycles. The molecule has 1 aliphatic heterocycles. The van der Waals surface area contributed by atoms with Crippen LogP contribution < -0.4 is 5.73 Å². The van der Waals surface area contributed by atoms with Gasteiger partial charge in [-0.2, -0.15) is 0 Å². The van der Waals surface area contributed by atoms with Gasteiger partial charge in [-0.05, 0) is 55.0 Å². The third kappa shape index (κ3) is 2.18. The Bertz CT molecular complexity index is 446. The van der Waals surface area contributed by atoms with Gasteiger partial charge in [0, 0.05) is 23.7 Å². The van der Waals surface area contributed by atoms with Crippen LogP contribution in [0.4, 0.5) is 0 Å². The zero-order chi connectivity index (χ0) is 12.7. The molecule has 0 aromatic heterocycles. The van der Waals surface area contributed by atoms with Crippen molar-refractivity contribution in [2.24, 2.45) is 11.7 Å². The van der Waals surface area contributed by atoms with E-state index in [0.29, 0.717) is 18.0 Å². The van der Waals surface area contributed by atoms with Gasteiger partial charge in [0.05, 0.1) is 0 Å². The number of likely N-dealkylation sites (tertiary alicyclic amines) is 1. The van der Waals surface area contributed by atoms with E-state index in [4.69, 9.17) is 17.3 Å². The topological polar surface area (TPSA) is 29.3 Å². The van der Waals surface area contributed by atoms with E-state index in [-0.39, 0.29) is 0 Å². The smallest absolute Gasteiger partial charge is 0.0408 e. The number of piperidine rings is 1. The molecule has 98 valence electrons. The van der Waals surface area contributed by atoms with Crippen LogP contribution in [0.1, 0.15) is 36.9 Å². The van der Waals surface area contributed by atoms with Crippen molar-refractivity contribution in [2.45, 2.75) is 38.3 Å². The summed E-state index contributed by atoms with van der Waals surface area (Å²) in [5, 5.41) is 0.860. The van der Waals surface area contributed by atoms with Crippen molar-refractivity contribution < 1.29 is 0 Å². The molecule has 2 aliphatic rings. The fourth-order valence-electron chi connectivity index (χ4n) is 3.35. The molecule has 1 heterocycles. The van der Waals surface area contributed by atoms with Crippen molar-refractivity contribution in [1.82, 2.24) is 4.90 Å². The highest BCUT2D eigenvalue weighted by atomic mass is 35.5. The summed E-state index contributed by atoms with van der Waals surface area (Å²) in [7, 11) is 0. The Morgan fingerprint density at radius 1 is 1.33 bits per heavy atom. The number of rotatable bonds is 1. The van der Waals surface area contributed by atoms with E-state index in [0.717, 1.165) is 18.0 Å². The molecule has 0 amide bonds. The molecule has 3 rings (SSSR count). The van der Waals surface area contributed by atoms with E-state index in [1.165, 1.54) is 30.5 Å². The zero-order valence-electron chi connectivity index (χ0n) is 10.9. The highest BCUT2D eigenvalue weighted by molar-refractivity contribution is 6.30. The van der Waals surface area contributed by atoms with Gasteiger partial charge < -0.3 is 5.73 Å². The first-order valence-corrected chi connectivity index (χ1v) is 7.31. The number of aryl methyl sites for hydroxylation is 1. The normalized spacial score (nSPS) is 32.5. The molecule has 1 saturated heterocycles. The Balaban J connectivity index is 1.80. The standard InChI is InChI=1S/C15H21ClN2/c1-10-6-7-18(9-14(10)17)15-5-2-11-8-12(16)3-4-13(11)15/h3-4,8,10,14-15H,2,5-7,9,17H2,1H3. The summed E-state index contributed by atoms with van der Waals surface area (Å²) in [6.07, 6.45) is 3.60. The predicted molar refractivity (Wildman–Crippen MR) is 75.8 cm³/mol. The van der Waals surface area contributed by atoms with Crippen LogP contribution in [-0.4, -0.2) is 24.0 Å². The van der Waals surface area contributed by atoms with Gasteiger partial charge in [0.2, 0.25) is 0 Å². The van der Waals surface area contributed by atoms with E-state index in [9.17, 15) is 0 Å². The van der Waals surface area contributed by atoms with Gasteiger partial charge in [0.25, 0.3) is 0 Å². The van der Waals surface area contributed by atoms with Crippen LogP contribution >= 0.6 is 11.6 Å². The third-order valence-corrected chi connectivity index (χ3v) is 4.87. The molecule has 0 radical (unpaired) electrons. The Morgan fingerprint density at radius 2 is 2.17 bits per heavy atom. The van der Waals surface area contributed by atoms with Gasteiger partial charge in [0.1, 0.15) is 0 Å². The molecule has 1 fully saturated rings. The molecule has 3 unspecified atom stereocenters. The summed E-state index contributed by atoms with van der Waals surface area (Å²) in [5.41, 5.74) is 9.12. The van der Waals surface area contributed by atoms with E-state index in [1.807, 2.05) is 6.07 Å². The van der Waals surface area contributed by atoms with Crippen molar-refractivity contribution in [3.8, 4) is 0 Å². The second-order valence-corrected chi connectivity index (χ2v) is 6.26. The molecule has 3 atom stereocenters. The van der Waals surface area contributed by atoms with Gasteiger partial charge >= 0.3 is 0 Å². The van der Waals surface area contributed by atoms with Crippen LogP contribution in [0.15, 0.2) is 18.2 Å². The molecule has 2 N–H and O–H groups in total. The van der Waals surface area contributed by atoms with E-state index < -0.39 is 0 Å². The molecule has 1 aliphatic carbocycles. The van der Waals surface area contributed by atoms with Crippen LogP contribution in [-0.2, 0) is 6.42 Å². The average molecular weight is 265 g/mol. The van der Waals surface area contributed by atoms with Crippen LogP contribution in [0.2, 0.25) is 5.02 Å². The lowest BCUT2D eigenvalue weighted by molar-refractivity contribution is 0.120. The first kappa shape index (κ1) is 12.5. The van der Waals surface area contributed by atoms with Gasteiger partial charge in [-0.15, -0.1) is 0 Å². The Morgan fingerprint density at radius 3 is 2.94 bits per heavy atom. The second-order valence-electron chi connectivity index (χ2n) is 5.82. The Kier molecular flexibility index (Phi) is 3.35. The first-order valence-electron chi connectivity index (χ1n) is 6.93. The first-order chi connectivity index (χ1) is 8.65. The van der Waals surface area contributed by atoms with Crippen molar-refractivity contribution in [1.29, 1.82) is 0 Å². The monoisotopic (exact) mass is 264 g/mol. The minimum absolute atomic E-state index is 0.329. The summed E-state index contributed by atoms with van der Waals surface area (Å²) >= 11 is 6.07. The summed E-state index contributed by atoms with van der Waals surface area (Å²) in [6, 6.07) is 7.25. The summed E-state index contributed by atoms with van der Waals surface area (Å²) in [6.45, 7) is 4.49. The lowest BCUT2D eigenvalue weighted by Gasteiger charge is -2.39. The maximum Gasteiger partial charge on any atom is 0.0408 e. The second kappa shape index (κ2) is 4.84. The van der Waals surface area contributed by atoms with Crippen molar-refractivity contribution >= 4 is 11.6 Å². The number of nitrogens with zero attached hydrogens (tertiary/aromatic N) is 1. The van der Waals surface area contributed by atoms with Gasteiger partial charge in [-0.25, -0.2) is 0 Å². The molecule has 18 heavy (non-hydrogen) atoms. The fraction of sp³-hybridized carbons (Fsp3) is 0.600. The lowest BCUT2D eigenvalue weighted by atomic mass is 9.92. The molecule has 1 aromatic rings. The maximum atomic E-state index is 6.22. The summed E-state index contributed by atoms with van der Waals surface area (Å²) in [4.78, 5) is 2.57. The van der Waals surface area contributed by atoms with Crippen LogP contribution in [0.3, 0.4) is 0 Å². The maximum absolute atomic E-state index is 6.22. The number of fused-ring (bicyclic) bond motifs is 1. The van der Waals surface area contributed by atoms with Crippen molar-refractivity contribution in [3.05, 3.63) is 34.3 Å². The van der Waals surface area contributed by atoms with Crippen molar-refractivity contribution in [2.75, 3.05) is 13.1 Å². The molecule has 2 nitrogen and oxygen atoms in total.